The number of carbonyl (C=O) groups is 1. The molecule has 1 aliphatic rings. The van der Waals surface area contributed by atoms with Crippen molar-refractivity contribution in [2.45, 2.75) is 17.0 Å². The van der Waals surface area contributed by atoms with Gasteiger partial charge in [-0.05, 0) is 29.5 Å². The van der Waals surface area contributed by atoms with E-state index in [2.05, 4.69) is 0 Å². The van der Waals surface area contributed by atoms with Crippen molar-refractivity contribution in [1.29, 1.82) is 0 Å². The highest BCUT2D eigenvalue weighted by Crippen LogP contribution is 2.63. The average molecular weight is 244 g/mol. The minimum atomic E-state index is -1.50. The molecular formula is C5H6FIO2. The molecule has 0 saturated heterocycles. The Morgan fingerprint density at radius 1 is 1.89 bits per heavy atom. The SMILES string of the molecule is CC1(C(=O)O)CC1(F)I. The second kappa shape index (κ2) is 1.59. The number of carboxylic acid groups (broad SMARTS) is 1. The van der Waals surface area contributed by atoms with Crippen molar-refractivity contribution >= 4 is 28.6 Å². The molecule has 0 aliphatic heterocycles. The monoisotopic (exact) mass is 244 g/mol. The molecule has 0 amide bonds. The molecule has 2 atom stereocenters. The van der Waals surface area contributed by atoms with Gasteiger partial charge in [0.1, 0.15) is 5.41 Å². The summed E-state index contributed by atoms with van der Waals surface area (Å²) in [6, 6.07) is 0. The summed E-state index contributed by atoms with van der Waals surface area (Å²) in [6.07, 6.45) is 0.135. The maximum atomic E-state index is 12.7. The van der Waals surface area contributed by atoms with Gasteiger partial charge in [0, 0.05) is 6.42 Å². The molecule has 1 saturated carbocycles. The van der Waals surface area contributed by atoms with Gasteiger partial charge in [0.15, 0.2) is 3.68 Å². The van der Waals surface area contributed by atoms with E-state index < -0.39 is 15.1 Å². The molecular weight excluding hydrogens is 238 g/mol. The molecule has 1 fully saturated rings. The highest BCUT2D eigenvalue weighted by atomic mass is 127. The first-order valence-electron chi connectivity index (χ1n) is 2.51. The van der Waals surface area contributed by atoms with Gasteiger partial charge in [-0.2, -0.15) is 0 Å². The lowest BCUT2D eigenvalue weighted by molar-refractivity contribution is -0.143. The van der Waals surface area contributed by atoms with E-state index in [1.54, 1.807) is 0 Å². The van der Waals surface area contributed by atoms with Crippen LogP contribution in [-0.2, 0) is 4.79 Å². The van der Waals surface area contributed by atoms with Crippen LogP contribution in [0.1, 0.15) is 13.3 Å². The number of carboxylic acids is 1. The second-order valence-corrected chi connectivity index (χ2v) is 4.23. The predicted octanol–water partition coefficient (Wildman–Crippen LogP) is 1.58. The average Bonchev–Trinajstić information content (AvgIpc) is 2.08. The summed E-state index contributed by atoms with van der Waals surface area (Å²) in [6.45, 7) is 1.42. The van der Waals surface area contributed by atoms with Crippen LogP contribution >= 0.6 is 22.6 Å². The first-order valence-corrected chi connectivity index (χ1v) is 3.59. The Kier molecular flexibility index (Phi) is 1.28. The van der Waals surface area contributed by atoms with Crippen LogP contribution in [0.3, 0.4) is 0 Å². The zero-order valence-electron chi connectivity index (χ0n) is 4.82. The van der Waals surface area contributed by atoms with E-state index in [-0.39, 0.29) is 6.42 Å². The van der Waals surface area contributed by atoms with E-state index in [4.69, 9.17) is 5.11 Å². The van der Waals surface area contributed by atoms with Gasteiger partial charge >= 0.3 is 5.97 Å². The first kappa shape index (κ1) is 7.24. The van der Waals surface area contributed by atoms with Crippen LogP contribution in [0.25, 0.3) is 0 Å². The summed E-state index contributed by atoms with van der Waals surface area (Å²) in [5.41, 5.74) is -1.12. The van der Waals surface area contributed by atoms with Crippen molar-refractivity contribution in [3.05, 3.63) is 0 Å². The van der Waals surface area contributed by atoms with E-state index in [0.717, 1.165) is 0 Å². The van der Waals surface area contributed by atoms with E-state index in [9.17, 15) is 9.18 Å². The van der Waals surface area contributed by atoms with Crippen molar-refractivity contribution in [2.24, 2.45) is 5.41 Å². The summed E-state index contributed by atoms with van der Waals surface area (Å²) in [4.78, 5) is 10.3. The number of rotatable bonds is 1. The zero-order valence-corrected chi connectivity index (χ0v) is 6.98. The Morgan fingerprint density at radius 2 is 2.22 bits per heavy atom. The van der Waals surface area contributed by atoms with Gasteiger partial charge in [-0.3, -0.25) is 4.79 Å². The number of alkyl halides is 2. The first-order chi connectivity index (χ1) is 3.90. The number of halogens is 2. The topological polar surface area (TPSA) is 37.3 Å². The molecule has 0 aromatic heterocycles. The summed E-state index contributed by atoms with van der Waals surface area (Å²) in [7, 11) is 0. The Morgan fingerprint density at radius 3 is 2.22 bits per heavy atom. The van der Waals surface area contributed by atoms with Gasteiger partial charge in [0.05, 0.1) is 0 Å². The normalized spacial score (nSPS) is 48.8. The van der Waals surface area contributed by atoms with E-state index in [1.165, 1.54) is 29.5 Å². The minimum absolute atomic E-state index is 0.135. The third-order valence-corrected chi connectivity index (χ3v) is 3.30. The third kappa shape index (κ3) is 0.835. The molecule has 2 unspecified atom stereocenters. The number of aliphatic carboxylic acids is 1. The lowest BCUT2D eigenvalue weighted by atomic mass is 10.1. The lowest BCUT2D eigenvalue weighted by Gasteiger charge is -2.01. The van der Waals surface area contributed by atoms with Crippen LogP contribution in [0.2, 0.25) is 0 Å². The molecule has 0 aromatic carbocycles. The number of hydrogen-bond acceptors (Lipinski definition) is 1. The minimum Gasteiger partial charge on any atom is -0.481 e. The Labute approximate surface area is 65.6 Å². The highest BCUT2D eigenvalue weighted by Gasteiger charge is 2.70. The zero-order chi connectivity index (χ0) is 7.28. The molecule has 0 radical (unpaired) electrons. The molecule has 0 spiro atoms. The summed E-state index contributed by atoms with van der Waals surface area (Å²) >= 11 is 1.54. The van der Waals surface area contributed by atoms with Gasteiger partial charge in [-0.15, -0.1) is 0 Å². The Bertz CT molecular complexity index is 168. The van der Waals surface area contributed by atoms with Crippen molar-refractivity contribution < 1.29 is 14.3 Å². The largest absolute Gasteiger partial charge is 0.481 e. The van der Waals surface area contributed by atoms with Crippen LogP contribution in [0.15, 0.2) is 0 Å². The maximum Gasteiger partial charge on any atom is 0.313 e. The Hall–Kier alpha value is 0.130. The van der Waals surface area contributed by atoms with Gasteiger partial charge in [-0.1, -0.05) is 0 Å². The summed E-state index contributed by atoms with van der Waals surface area (Å²) < 4.78 is 11.2. The maximum absolute atomic E-state index is 12.7. The van der Waals surface area contributed by atoms with Crippen LogP contribution in [0.4, 0.5) is 4.39 Å². The molecule has 0 heterocycles. The van der Waals surface area contributed by atoms with Gasteiger partial charge in [0.2, 0.25) is 0 Å². The van der Waals surface area contributed by atoms with Gasteiger partial charge in [-0.25, -0.2) is 4.39 Å². The summed E-state index contributed by atoms with van der Waals surface area (Å²) in [5.74, 6) is -1.04. The van der Waals surface area contributed by atoms with Crippen LogP contribution < -0.4 is 0 Å². The molecule has 2 nitrogen and oxygen atoms in total. The van der Waals surface area contributed by atoms with Crippen LogP contribution in [0, 0.1) is 5.41 Å². The van der Waals surface area contributed by atoms with Crippen molar-refractivity contribution in [2.75, 3.05) is 0 Å². The van der Waals surface area contributed by atoms with Crippen molar-refractivity contribution in [3.63, 3.8) is 0 Å². The number of hydrogen-bond donors (Lipinski definition) is 1. The van der Waals surface area contributed by atoms with E-state index in [0.29, 0.717) is 0 Å². The fraction of sp³-hybridized carbons (Fsp3) is 0.800. The van der Waals surface area contributed by atoms with E-state index in [1.807, 2.05) is 0 Å². The summed E-state index contributed by atoms with van der Waals surface area (Å²) in [5, 5.41) is 8.40. The van der Waals surface area contributed by atoms with Crippen LogP contribution in [0.5, 0.6) is 0 Å². The molecule has 1 aliphatic carbocycles. The highest BCUT2D eigenvalue weighted by molar-refractivity contribution is 14.1. The molecule has 0 bridgehead atoms. The standard InChI is InChI=1S/C5H6FIO2/c1-4(3(8)9)2-5(4,6)7/h2H2,1H3,(H,8,9). The van der Waals surface area contributed by atoms with Crippen LogP contribution in [-0.4, -0.2) is 14.8 Å². The smallest absolute Gasteiger partial charge is 0.313 e. The van der Waals surface area contributed by atoms with E-state index >= 15 is 0 Å². The quantitative estimate of drug-likeness (QED) is 0.561. The Balaban J connectivity index is 2.74. The lowest BCUT2D eigenvalue weighted by Crippen LogP contribution is -2.16. The van der Waals surface area contributed by atoms with Crippen molar-refractivity contribution in [1.82, 2.24) is 0 Å². The second-order valence-electron chi connectivity index (χ2n) is 2.52. The molecule has 1 rings (SSSR count). The fourth-order valence-corrected chi connectivity index (χ4v) is 1.63. The molecule has 0 aromatic rings. The van der Waals surface area contributed by atoms with Gasteiger partial charge in [0.25, 0.3) is 0 Å². The predicted molar refractivity (Wildman–Crippen MR) is 38.2 cm³/mol. The molecule has 1 N–H and O–H groups in total. The third-order valence-electron chi connectivity index (χ3n) is 1.73. The van der Waals surface area contributed by atoms with Gasteiger partial charge < -0.3 is 5.11 Å². The fourth-order valence-electron chi connectivity index (χ4n) is 0.632. The van der Waals surface area contributed by atoms with Crippen molar-refractivity contribution in [3.8, 4) is 0 Å². The molecule has 52 valence electrons. The molecule has 4 heteroatoms. The molecule has 9 heavy (non-hydrogen) atoms.